The summed E-state index contributed by atoms with van der Waals surface area (Å²) in [7, 11) is 0. The van der Waals surface area contributed by atoms with E-state index in [0.29, 0.717) is 26.0 Å². The van der Waals surface area contributed by atoms with Crippen molar-refractivity contribution in [2.75, 3.05) is 19.7 Å². The maximum absolute atomic E-state index is 11.6. The quantitative estimate of drug-likeness (QED) is 0.550. The summed E-state index contributed by atoms with van der Waals surface area (Å²) in [5.41, 5.74) is 4.68. The molecule has 102 valence electrons. The largest absolute Gasteiger partial charge is 0.388 e. The van der Waals surface area contributed by atoms with Crippen molar-refractivity contribution < 1.29 is 14.6 Å². The van der Waals surface area contributed by atoms with Crippen molar-refractivity contribution in [1.82, 2.24) is 5.32 Å². The average molecular weight is 246 g/mol. The van der Waals surface area contributed by atoms with Gasteiger partial charge < -0.3 is 20.9 Å². The molecule has 0 saturated heterocycles. The van der Waals surface area contributed by atoms with Crippen molar-refractivity contribution in [3.05, 3.63) is 0 Å². The minimum Gasteiger partial charge on any atom is -0.388 e. The van der Waals surface area contributed by atoms with Crippen LogP contribution in [0.2, 0.25) is 0 Å². The van der Waals surface area contributed by atoms with Gasteiger partial charge in [0, 0.05) is 19.7 Å². The van der Waals surface area contributed by atoms with E-state index in [9.17, 15) is 9.90 Å². The number of nitrogens with one attached hydrogen (secondary N) is 1. The minimum absolute atomic E-state index is 0.130. The Morgan fingerprint density at radius 2 is 2.00 bits per heavy atom. The zero-order valence-corrected chi connectivity index (χ0v) is 11.2. The van der Waals surface area contributed by atoms with Gasteiger partial charge in [-0.1, -0.05) is 13.8 Å². The molecule has 5 nitrogen and oxygen atoms in total. The predicted octanol–water partition coefficient (Wildman–Crippen LogP) is 0.408. The van der Waals surface area contributed by atoms with Crippen LogP contribution in [0, 0.1) is 0 Å². The van der Waals surface area contributed by atoms with Crippen LogP contribution < -0.4 is 11.1 Å². The number of carbonyl (C=O) groups excluding carboxylic acids is 1. The Bertz CT molecular complexity index is 218. The van der Waals surface area contributed by atoms with Gasteiger partial charge in [0.1, 0.15) is 0 Å². The summed E-state index contributed by atoms with van der Waals surface area (Å²) in [5, 5.41) is 12.7. The number of hydrogen-bond donors (Lipinski definition) is 3. The molecule has 0 aromatic carbocycles. The molecule has 5 heteroatoms. The molecular weight excluding hydrogens is 220 g/mol. The van der Waals surface area contributed by atoms with Crippen molar-refractivity contribution in [2.45, 2.75) is 51.7 Å². The van der Waals surface area contributed by atoms with Crippen LogP contribution in [0.25, 0.3) is 0 Å². The van der Waals surface area contributed by atoms with Gasteiger partial charge in [-0.15, -0.1) is 0 Å². The maximum Gasteiger partial charge on any atom is 0.222 e. The summed E-state index contributed by atoms with van der Waals surface area (Å²) in [6.07, 6.45) is 1.25. The molecule has 0 fully saturated rings. The Kier molecular flexibility index (Phi) is 8.12. The molecule has 1 unspecified atom stereocenters. The first-order valence-corrected chi connectivity index (χ1v) is 6.32. The van der Waals surface area contributed by atoms with Crippen LogP contribution in [0.5, 0.6) is 0 Å². The van der Waals surface area contributed by atoms with E-state index in [4.69, 9.17) is 10.5 Å². The van der Waals surface area contributed by atoms with E-state index in [1.807, 2.05) is 20.8 Å². The monoisotopic (exact) mass is 246 g/mol. The molecule has 0 aromatic rings. The Hall–Kier alpha value is -0.650. The molecule has 0 aliphatic heterocycles. The molecule has 0 saturated carbocycles. The van der Waals surface area contributed by atoms with E-state index in [-0.39, 0.29) is 25.0 Å². The summed E-state index contributed by atoms with van der Waals surface area (Å²) >= 11 is 0. The SMILES string of the molecule is CCOC(CN)CC(=O)NCC(O)(CC)CC. The Labute approximate surface area is 104 Å². The van der Waals surface area contributed by atoms with Gasteiger partial charge in [0.25, 0.3) is 0 Å². The van der Waals surface area contributed by atoms with Crippen LogP contribution >= 0.6 is 0 Å². The molecule has 0 radical (unpaired) electrons. The number of carbonyl (C=O) groups is 1. The van der Waals surface area contributed by atoms with E-state index in [1.54, 1.807) is 0 Å². The van der Waals surface area contributed by atoms with E-state index in [2.05, 4.69) is 5.32 Å². The van der Waals surface area contributed by atoms with Gasteiger partial charge >= 0.3 is 0 Å². The first kappa shape index (κ1) is 16.4. The second kappa shape index (κ2) is 8.44. The zero-order valence-electron chi connectivity index (χ0n) is 11.2. The molecule has 0 heterocycles. The van der Waals surface area contributed by atoms with E-state index < -0.39 is 5.60 Å². The third kappa shape index (κ3) is 6.61. The number of nitrogens with two attached hydrogens (primary N) is 1. The highest BCUT2D eigenvalue weighted by molar-refractivity contribution is 5.76. The maximum atomic E-state index is 11.6. The van der Waals surface area contributed by atoms with Crippen molar-refractivity contribution in [2.24, 2.45) is 5.73 Å². The molecule has 1 atom stereocenters. The van der Waals surface area contributed by atoms with Crippen LogP contribution in [0.4, 0.5) is 0 Å². The van der Waals surface area contributed by atoms with Gasteiger partial charge in [0.05, 0.1) is 18.1 Å². The molecule has 0 aliphatic rings. The van der Waals surface area contributed by atoms with Gasteiger partial charge in [-0.3, -0.25) is 4.79 Å². The van der Waals surface area contributed by atoms with Crippen molar-refractivity contribution in [3.63, 3.8) is 0 Å². The summed E-state index contributed by atoms with van der Waals surface area (Å²) < 4.78 is 5.30. The lowest BCUT2D eigenvalue weighted by Gasteiger charge is -2.25. The van der Waals surface area contributed by atoms with Gasteiger partial charge in [0.15, 0.2) is 0 Å². The molecule has 0 rings (SSSR count). The topological polar surface area (TPSA) is 84.6 Å². The highest BCUT2D eigenvalue weighted by atomic mass is 16.5. The van der Waals surface area contributed by atoms with Crippen molar-refractivity contribution in [1.29, 1.82) is 0 Å². The van der Waals surface area contributed by atoms with Crippen molar-refractivity contribution in [3.8, 4) is 0 Å². The molecule has 1 amide bonds. The van der Waals surface area contributed by atoms with Crippen LogP contribution in [-0.4, -0.2) is 42.4 Å². The van der Waals surface area contributed by atoms with E-state index >= 15 is 0 Å². The summed E-state index contributed by atoms with van der Waals surface area (Å²) in [6.45, 7) is 6.82. The van der Waals surface area contributed by atoms with Gasteiger partial charge in [-0.05, 0) is 19.8 Å². The molecule has 0 aromatic heterocycles. The number of amides is 1. The molecule has 0 aliphatic carbocycles. The van der Waals surface area contributed by atoms with Crippen molar-refractivity contribution >= 4 is 5.91 Å². The highest BCUT2D eigenvalue weighted by Gasteiger charge is 2.23. The van der Waals surface area contributed by atoms with Gasteiger partial charge in [-0.25, -0.2) is 0 Å². The first-order chi connectivity index (χ1) is 8.01. The van der Waals surface area contributed by atoms with Gasteiger partial charge in [-0.2, -0.15) is 0 Å². The lowest BCUT2D eigenvalue weighted by atomic mass is 9.97. The number of ether oxygens (including phenoxy) is 1. The minimum atomic E-state index is -0.806. The molecular formula is C12H26N2O3. The Morgan fingerprint density at radius 1 is 1.41 bits per heavy atom. The summed E-state index contributed by atoms with van der Waals surface area (Å²) in [5.74, 6) is -0.130. The first-order valence-electron chi connectivity index (χ1n) is 6.32. The average Bonchev–Trinajstić information content (AvgIpc) is 2.35. The van der Waals surface area contributed by atoms with E-state index in [1.165, 1.54) is 0 Å². The van der Waals surface area contributed by atoms with Crippen LogP contribution in [0.3, 0.4) is 0 Å². The third-order valence-electron chi connectivity index (χ3n) is 3.01. The van der Waals surface area contributed by atoms with Crippen LogP contribution in [-0.2, 0) is 9.53 Å². The number of aliphatic hydroxyl groups is 1. The molecule has 17 heavy (non-hydrogen) atoms. The summed E-state index contributed by atoms with van der Waals surface area (Å²) in [4.78, 5) is 11.6. The smallest absolute Gasteiger partial charge is 0.222 e. The van der Waals surface area contributed by atoms with Crippen LogP contribution in [0.15, 0.2) is 0 Å². The molecule has 0 spiro atoms. The normalized spacial score (nSPS) is 13.5. The Morgan fingerprint density at radius 3 is 2.41 bits per heavy atom. The van der Waals surface area contributed by atoms with Gasteiger partial charge in [0.2, 0.25) is 5.91 Å². The second-order valence-electron chi connectivity index (χ2n) is 4.23. The molecule has 4 N–H and O–H groups in total. The fourth-order valence-corrected chi connectivity index (χ4v) is 1.49. The highest BCUT2D eigenvalue weighted by Crippen LogP contribution is 2.12. The standard InChI is InChI=1S/C12H26N2O3/c1-4-12(16,5-2)9-14-11(15)7-10(8-13)17-6-3/h10,16H,4-9,13H2,1-3H3,(H,14,15). The zero-order chi connectivity index (χ0) is 13.3. The fraction of sp³-hybridized carbons (Fsp3) is 0.917. The number of rotatable bonds is 9. The molecule has 0 bridgehead atoms. The summed E-state index contributed by atoms with van der Waals surface area (Å²) in [6, 6.07) is 0. The third-order valence-corrected chi connectivity index (χ3v) is 3.01. The lowest BCUT2D eigenvalue weighted by Crippen LogP contribution is -2.43. The van der Waals surface area contributed by atoms with Crippen LogP contribution in [0.1, 0.15) is 40.0 Å². The second-order valence-corrected chi connectivity index (χ2v) is 4.23. The number of hydrogen-bond acceptors (Lipinski definition) is 4. The fourth-order valence-electron chi connectivity index (χ4n) is 1.49. The Balaban J connectivity index is 4.01. The predicted molar refractivity (Wildman–Crippen MR) is 67.6 cm³/mol. The van der Waals surface area contributed by atoms with E-state index in [0.717, 1.165) is 0 Å². The lowest BCUT2D eigenvalue weighted by molar-refractivity contribution is -0.125.